The fourth-order valence-corrected chi connectivity index (χ4v) is 3.48. The molecule has 144 valence electrons. The highest BCUT2D eigenvalue weighted by molar-refractivity contribution is 7.80. The predicted octanol–water partition coefficient (Wildman–Crippen LogP) is 0.0542. The van der Waals surface area contributed by atoms with Gasteiger partial charge in [-0.15, -0.1) is 0 Å². The van der Waals surface area contributed by atoms with Crippen LogP contribution in [0.15, 0.2) is 0 Å². The monoisotopic (exact) mass is 375 g/mol. The zero-order valence-electron chi connectivity index (χ0n) is 14.6. The van der Waals surface area contributed by atoms with Crippen molar-refractivity contribution in [2.45, 2.75) is 76.0 Å². The van der Waals surface area contributed by atoms with Gasteiger partial charge in [0.05, 0.1) is 6.04 Å². The van der Waals surface area contributed by atoms with E-state index in [4.69, 9.17) is 17.0 Å². The van der Waals surface area contributed by atoms with Gasteiger partial charge in [-0.3, -0.25) is 4.90 Å². The number of nitrogens with one attached hydrogen (secondary N) is 2. The maximum absolute atomic E-state index is 11.9. The Kier molecular flexibility index (Phi) is 7.67. The third-order valence-electron chi connectivity index (χ3n) is 4.76. The fourth-order valence-electron chi connectivity index (χ4n) is 3.26. The molecule has 2 unspecified atom stereocenters. The highest BCUT2D eigenvalue weighted by Crippen LogP contribution is 2.28. The Morgan fingerprint density at radius 2 is 1.84 bits per heavy atom. The minimum Gasteiger partial charge on any atom is -0.447 e. The van der Waals surface area contributed by atoms with E-state index in [1.54, 1.807) is 0 Å². The number of hydrogen-bond donors (Lipinski definition) is 5. The summed E-state index contributed by atoms with van der Waals surface area (Å²) in [7, 11) is 0. The Morgan fingerprint density at radius 3 is 2.56 bits per heavy atom. The van der Waals surface area contributed by atoms with E-state index >= 15 is 0 Å². The molecule has 0 saturated carbocycles. The van der Waals surface area contributed by atoms with E-state index < -0.39 is 36.6 Å². The minimum atomic E-state index is -1.38. The SMILES string of the molecule is CCCCCCCCNC(=S)N[C@@H]1[C@H](O)C(O)[C@H](O)C2COC(=O)N21. The van der Waals surface area contributed by atoms with Crippen LogP contribution in [-0.4, -0.2) is 75.1 Å². The second kappa shape index (κ2) is 9.51. The predicted molar refractivity (Wildman–Crippen MR) is 95.9 cm³/mol. The molecule has 2 aliphatic heterocycles. The van der Waals surface area contributed by atoms with Crippen molar-refractivity contribution in [3.05, 3.63) is 0 Å². The molecular weight excluding hydrogens is 346 g/mol. The van der Waals surface area contributed by atoms with E-state index in [2.05, 4.69) is 17.6 Å². The van der Waals surface area contributed by atoms with Crippen molar-refractivity contribution in [2.75, 3.05) is 13.2 Å². The summed E-state index contributed by atoms with van der Waals surface area (Å²) in [6.07, 6.45) is 1.42. The number of amides is 1. The van der Waals surface area contributed by atoms with Crippen LogP contribution >= 0.6 is 12.2 Å². The molecule has 2 rings (SSSR count). The summed E-state index contributed by atoms with van der Waals surface area (Å²) in [6.45, 7) is 2.85. The van der Waals surface area contributed by atoms with Crippen LogP contribution in [0.5, 0.6) is 0 Å². The summed E-state index contributed by atoms with van der Waals surface area (Å²) in [5.74, 6) is 0. The molecule has 2 saturated heterocycles. The van der Waals surface area contributed by atoms with Gasteiger partial charge in [0.2, 0.25) is 0 Å². The summed E-state index contributed by atoms with van der Waals surface area (Å²) >= 11 is 5.22. The lowest BCUT2D eigenvalue weighted by atomic mass is 9.93. The van der Waals surface area contributed by atoms with E-state index in [0.717, 1.165) is 12.8 Å². The third kappa shape index (κ3) is 4.93. The number of nitrogens with zero attached hydrogens (tertiary/aromatic N) is 1. The largest absolute Gasteiger partial charge is 0.447 e. The molecule has 0 aromatic heterocycles. The van der Waals surface area contributed by atoms with Crippen molar-refractivity contribution in [1.82, 2.24) is 15.5 Å². The van der Waals surface area contributed by atoms with Crippen LogP contribution < -0.4 is 10.6 Å². The molecule has 2 aliphatic rings. The number of carbonyl (C=O) groups excluding carboxylic acids is 1. The standard InChI is InChI=1S/C16H29N3O5S/c1-2-3-4-5-6-7-8-17-15(25)18-14-13(22)12(21)11(20)10-9-24-16(23)19(10)14/h10-14,20-22H,2-9H2,1H3,(H2,17,18,25)/t10?,11-,12?,13-,14+/m1/s1. The Labute approximate surface area is 153 Å². The van der Waals surface area contributed by atoms with Crippen LogP contribution in [0.1, 0.15) is 45.4 Å². The summed E-state index contributed by atoms with van der Waals surface area (Å²) in [6, 6.07) is -0.704. The summed E-state index contributed by atoms with van der Waals surface area (Å²) < 4.78 is 4.93. The van der Waals surface area contributed by atoms with Gasteiger partial charge in [-0.05, 0) is 18.6 Å². The molecule has 5 N–H and O–H groups in total. The van der Waals surface area contributed by atoms with Gasteiger partial charge in [-0.25, -0.2) is 4.79 Å². The fraction of sp³-hybridized carbons (Fsp3) is 0.875. The lowest BCUT2D eigenvalue weighted by molar-refractivity contribution is -0.144. The van der Waals surface area contributed by atoms with Gasteiger partial charge >= 0.3 is 6.09 Å². The molecule has 8 nitrogen and oxygen atoms in total. The maximum Gasteiger partial charge on any atom is 0.412 e. The van der Waals surface area contributed by atoms with Crippen LogP contribution in [0.3, 0.4) is 0 Å². The lowest BCUT2D eigenvalue weighted by Gasteiger charge is -2.44. The Hall–Kier alpha value is -1.16. The van der Waals surface area contributed by atoms with Crippen LogP contribution in [-0.2, 0) is 4.74 Å². The highest BCUT2D eigenvalue weighted by atomic mass is 32.1. The van der Waals surface area contributed by atoms with E-state index in [9.17, 15) is 20.1 Å². The normalized spacial score (nSPS) is 31.4. The number of rotatable bonds is 8. The number of ether oxygens (including phenoxy) is 1. The number of aliphatic hydroxyl groups excluding tert-OH is 3. The average molecular weight is 375 g/mol. The zero-order valence-corrected chi connectivity index (χ0v) is 15.4. The first-order valence-corrected chi connectivity index (χ1v) is 9.41. The minimum absolute atomic E-state index is 0.0279. The van der Waals surface area contributed by atoms with Gasteiger partial charge in [0.25, 0.3) is 0 Å². The van der Waals surface area contributed by atoms with Gasteiger partial charge in [0.15, 0.2) is 5.11 Å². The Morgan fingerprint density at radius 1 is 1.16 bits per heavy atom. The molecule has 0 bridgehead atoms. The number of thiocarbonyl (C=S) groups is 1. The Balaban J connectivity index is 1.79. The maximum atomic E-state index is 11.9. The first-order valence-electron chi connectivity index (χ1n) is 9.01. The highest BCUT2D eigenvalue weighted by Gasteiger charge is 2.53. The molecule has 5 atom stereocenters. The van der Waals surface area contributed by atoms with Crippen LogP contribution in [0.4, 0.5) is 4.79 Å². The number of aliphatic hydroxyl groups is 3. The van der Waals surface area contributed by atoms with Crippen LogP contribution in [0.25, 0.3) is 0 Å². The van der Waals surface area contributed by atoms with E-state index in [0.29, 0.717) is 11.7 Å². The van der Waals surface area contributed by atoms with Crippen molar-refractivity contribution in [3.8, 4) is 0 Å². The third-order valence-corrected chi connectivity index (χ3v) is 5.02. The first-order chi connectivity index (χ1) is 12.0. The average Bonchev–Trinajstić information content (AvgIpc) is 2.97. The van der Waals surface area contributed by atoms with Crippen molar-refractivity contribution in [1.29, 1.82) is 0 Å². The molecule has 25 heavy (non-hydrogen) atoms. The number of cyclic esters (lactones) is 1. The molecule has 2 heterocycles. The number of unbranched alkanes of at least 4 members (excludes halogenated alkanes) is 5. The van der Waals surface area contributed by atoms with Crippen molar-refractivity contribution in [2.24, 2.45) is 0 Å². The molecule has 0 radical (unpaired) electrons. The molecule has 2 fully saturated rings. The first kappa shape index (κ1) is 20.2. The second-order valence-electron chi connectivity index (χ2n) is 6.64. The number of hydrogen-bond acceptors (Lipinski definition) is 6. The molecule has 0 aromatic carbocycles. The quantitative estimate of drug-likeness (QED) is 0.299. The smallest absolute Gasteiger partial charge is 0.412 e. The number of fused-ring (bicyclic) bond motifs is 1. The molecule has 9 heteroatoms. The van der Waals surface area contributed by atoms with E-state index in [1.165, 1.54) is 30.6 Å². The van der Waals surface area contributed by atoms with Gasteiger partial charge in [0.1, 0.15) is 31.1 Å². The lowest BCUT2D eigenvalue weighted by Crippen LogP contribution is -2.70. The van der Waals surface area contributed by atoms with Crippen molar-refractivity contribution in [3.63, 3.8) is 0 Å². The van der Waals surface area contributed by atoms with Crippen LogP contribution in [0.2, 0.25) is 0 Å². The van der Waals surface area contributed by atoms with E-state index in [-0.39, 0.29) is 6.61 Å². The van der Waals surface area contributed by atoms with Crippen LogP contribution in [0, 0.1) is 0 Å². The molecule has 0 spiro atoms. The van der Waals surface area contributed by atoms with Gasteiger partial charge in [0, 0.05) is 6.54 Å². The second-order valence-corrected chi connectivity index (χ2v) is 7.04. The van der Waals surface area contributed by atoms with Crippen molar-refractivity contribution < 1.29 is 24.9 Å². The molecule has 0 aliphatic carbocycles. The van der Waals surface area contributed by atoms with Gasteiger partial charge < -0.3 is 30.7 Å². The number of piperidine rings is 1. The molecule has 1 amide bonds. The van der Waals surface area contributed by atoms with E-state index in [1.807, 2.05) is 0 Å². The van der Waals surface area contributed by atoms with Gasteiger partial charge in [-0.1, -0.05) is 39.0 Å². The summed E-state index contributed by atoms with van der Waals surface area (Å²) in [5, 5.41) is 36.4. The van der Waals surface area contributed by atoms with Crippen molar-refractivity contribution >= 4 is 23.4 Å². The topological polar surface area (TPSA) is 114 Å². The Bertz CT molecular complexity index is 467. The summed E-state index contributed by atoms with van der Waals surface area (Å²) in [5.41, 5.74) is 0. The zero-order chi connectivity index (χ0) is 18.4. The summed E-state index contributed by atoms with van der Waals surface area (Å²) in [4.78, 5) is 13.1. The number of carbonyl (C=O) groups is 1. The van der Waals surface area contributed by atoms with Gasteiger partial charge in [-0.2, -0.15) is 0 Å². The molecule has 0 aromatic rings. The molecular formula is C16H29N3O5S.